The van der Waals surface area contributed by atoms with Gasteiger partial charge in [0.15, 0.2) is 17.0 Å². The molecule has 4 rings (SSSR count). The third-order valence-corrected chi connectivity index (χ3v) is 15.3. The van der Waals surface area contributed by atoms with Crippen molar-refractivity contribution < 1.29 is 41.2 Å². The summed E-state index contributed by atoms with van der Waals surface area (Å²) in [6.07, 6.45) is 27.5. The van der Waals surface area contributed by atoms with Gasteiger partial charge in [-0.2, -0.15) is 14.3 Å². The summed E-state index contributed by atoms with van der Waals surface area (Å²) >= 11 is 0. The number of imidazole rings is 1. The van der Waals surface area contributed by atoms with E-state index in [1.54, 1.807) is 12.4 Å². The second-order valence-corrected chi connectivity index (χ2v) is 20.4. The van der Waals surface area contributed by atoms with E-state index in [-0.39, 0.29) is 37.3 Å². The molecule has 1 fully saturated rings. The zero-order valence-electron chi connectivity index (χ0n) is 32.7. The van der Waals surface area contributed by atoms with E-state index in [1.165, 1.54) is 70.6 Å². The Kier molecular flexibility index (Phi) is 19.8. The Balaban J connectivity index is 1.16. The van der Waals surface area contributed by atoms with Crippen molar-refractivity contribution in [1.29, 1.82) is 0 Å². The van der Waals surface area contributed by atoms with Gasteiger partial charge in [0.1, 0.15) is 0 Å². The molecule has 314 valence electrons. The summed E-state index contributed by atoms with van der Waals surface area (Å²) in [6.45, 7) is 2.33. The Hall–Kier alpha value is -1.70. The monoisotopic (exact) mass is 833 g/mol. The van der Waals surface area contributed by atoms with Gasteiger partial charge in [-0.05, 0) is 45.1 Å². The SMILES string of the molecule is CCCCCCCCCCCCCCCCCCP(=O)(OCCCCN)OP(=O)(O)OP(=O)(O)OC[C@@H]1C=C[C@H](n2cnc3c(NC4CC4)nc(N)nc32)C1. The lowest BCUT2D eigenvalue weighted by atomic mass is 10.0. The molecule has 2 aliphatic rings. The summed E-state index contributed by atoms with van der Waals surface area (Å²) in [6, 6.07) is 0.135. The van der Waals surface area contributed by atoms with Crippen LogP contribution in [0.1, 0.15) is 148 Å². The minimum absolute atomic E-state index is 0.0149. The van der Waals surface area contributed by atoms with Crippen LogP contribution in [-0.4, -0.2) is 61.3 Å². The first-order valence-electron chi connectivity index (χ1n) is 20.5. The van der Waals surface area contributed by atoms with Crippen LogP contribution in [0.15, 0.2) is 18.5 Å². The molecule has 16 nitrogen and oxygen atoms in total. The molecule has 2 heterocycles. The maximum atomic E-state index is 13.6. The van der Waals surface area contributed by atoms with Crippen molar-refractivity contribution in [2.24, 2.45) is 11.7 Å². The normalized spacial score (nSPS) is 20.4. The summed E-state index contributed by atoms with van der Waals surface area (Å²) in [4.78, 5) is 34.0. The van der Waals surface area contributed by atoms with E-state index in [2.05, 4.69) is 31.5 Å². The number of fused-ring (bicyclic) bond motifs is 1. The number of anilines is 2. The molecule has 0 spiro atoms. The first-order valence-corrected chi connectivity index (χ1v) is 25.3. The van der Waals surface area contributed by atoms with Crippen LogP contribution in [0.5, 0.6) is 0 Å². The fourth-order valence-corrected chi connectivity index (χ4v) is 11.6. The number of nitrogen functional groups attached to an aromatic ring is 1. The molecular formula is C36H66N7O9P3. The molecule has 0 aromatic carbocycles. The highest BCUT2D eigenvalue weighted by atomic mass is 31.3. The van der Waals surface area contributed by atoms with Crippen LogP contribution < -0.4 is 16.8 Å². The van der Waals surface area contributed by atoms with Crippen molar-refractivity contribution in [3.63, 3.8) is 0 Å². The van der Waals surface area contributed by atoms with Gasteiger partial charge in [-0.1, -0.05) is 115 Å². The minimum atomic E-state index is -5.35. The average molecular weight is 834 g/mol. The Morgan fingerprint density at radius 2 is 1.42 bits per heavy atom. The predicted octanol–water partition coefficient (Wildman–Crippen LogP) is 9.56. The Morgan fingerprint density at radius 3 is 2.02 bits per heavy atom. The Bertz CT molecular complexity index is 1610. The zero-order valence-corrected chi connectivity index (χ0v) is 35.4. The molecule has 2 aromatic rings. The van der Waals surface area contributed by atoms with Crippen molar-refractivity contribution in [3.8, 4) is 0 Å². The zero-order chi connectivity index (χ0) is 39.6. The standard InChI is InChI=1S/C36H66N7O9P3/c1-2-3-4-5-6-7-8-9-10-11-12-13-14-15-16-19-26-53(44,49-25-18-17-24-37)51-55(47,48)52-54(45,46)50-28-30-20-23-32(27-30)43-29-39-33-34(40-31-21-22-31)41-36(38)42-35(33)43/h20,23,29-32H,2-19,21-22,24-28,37H2,1H3,(H,45,46)(H,47,48)(H3,38,40,41,42)/t30-,32+,53?/m1/s1. The van der Waals surface area contributed by atoms with E-state index in [4.69, 9.17) is 24.8 Å². The van der Waals surface area contributed by atoms with Gasteiger partial charge in [0, 0.05) is 12.0 Å². The highest BCUT2D eigenvalue weighted by molar-refractivity contribution is 7.68. The lowest BCUT2D eigenvalue weighted by Gasteiger charge is -2.22. The molecule has 2 aliphatic carbocycles. The molecule has 3 unspecified atom stereocenters. The third-order valence-electron chi connectivity index (χ3n) is 9.92. The van der Waals surface area contributed by atoms with E-state index < -0.39 is 23.2 Å². The van der Waals surface area contributed by atoms with E-state index in [0.717, 1.165) is 38.5 Å². The van der Waals surface area contributed by atoms with Crippen molar-refractivity contribution in [2.75, 3.05) is 37.0 Å². The van der Waals surface area contributed by atoms with Crippen LogP contribution in [0.25, 0.3) is 11.2 Å². The molecule has 19 heteroatoms. The molecule has 55 heavy (non-hydrogen) atoms. The number of phosphoric ester groups is 1. The van der Waals surface area contributed by atoms with Crippen molar-refractivity contribution in [2.45, 2.75) is 154 Å². The lowest BCUT2D eigenvalue weighted by molar-refractivity contribution is 0.160. The third kappa shape index (κ3) is 17.4. The number of phosphoric acid groups is 2. The Morgan fingerprint density at radius 1 is 0.800 bits per heavy atom. The first kappa shape index (κ1) is 46.0. The van der Waals surface area contributed by atoms with Gasteiger partial charge in [-0.15, -0.1) is 0 Å². The maximum Gasteiger partial charge on any atom is 0.488 e. The van der Waals surface area contributed by atoms with Gasteiger partial charge >= 0.3 is 23.2 Å². The molecule has 0 bridgehead atoms. The van der Waals surface area contributed by atoms with Gasteiger partial charge in [0.2, 0.25) is 5.95 Å². The van der Waals surface area contributed by atoms with E-state index in [0.29, 0.717) is 55.3 Å². The van der Waals surface area contributed by atoms with Gasteiger partial charge in [-0.3, -0.25) is 9.09 Å². The molecule has 5 atom stereocenters. The van der Waals surface area contributed by atoms with Crippen molar-refractivity contribution in [3.05, 3.63) is 18.5 Å². The van der Waals surface area contributed by atoms with Gasteiger partial charge in [-0.25, -0.2) is 18.4 Å². The second kappa shape index (κ2) is 23.6. The highest BCUT2D eigenvalue weighted by Gasteiger charge is 2.42. The van der Waals surface area contributed by atoms with E-state index in [1.807, 2.05) is 10.6 Å². The maximum absolute atomic E-state index is 13.6. The van der Waals surface area contributed by atoms with Gasteiger partial charge in [0.25, 0.3) is 0 Å². The van der Waals surface area contributed by atoms with Crippen LogP contribution in [-0.2, 0) is 31.4 Å². The first-order chi connectivity index (χ1) is 26.4. The summed E-state index contributed by atoms with van der Waals surface area (Å²) in [5, 5.41) is 3.33. The van der Waals surface area contributed by atoms with Crippen molar-refractivity contribution >= 4 is 46.2 Å². The number of nitrogens with zero attached hydrogens (tertiary/aromatic N) is 4. The van der Waals surface area contributed by atoms with Crippen LogP contribution in [0, 0.1) is 5.92 Å². The smallest absolute Gasteiger partial charge is 0.368 e. The number of nitrogens with two attached hydrogens (primary N) is 2. The number of hydrogen-bond acceptors (Lipinski definition) is 13. The Labute approximate surface area is 327 Å². The molecular weight excluding hydrogens is 767 g/mol. The molecule has 0 amide bonds. The van der Waals surface area contributed by atoms with E-state index in [9.17, 15) is 23.5 Å². The van der Waals surface area contributed by atoms with E-state index >= 15 is 0 Å². The number of aromatic nitrogens is 4. The molecule has 2 aromatic heterocycles. The fourth-order valence-electron chi connectivity index (χ4n) is 6.73. The number of rotatable bonds is 32. The summed E-state index contributed by atoms with van der Waals surface area (Å²) in [5.41, 5.74) is 12.7. The molecule has 1 saturated carbocycles. The summed E-state index contributed by atoms with van der Waals surface area (Å²) in [7, 11) is -14.6. The topological polar surface area (TPSA) is 236 Å². The fraction of sp³-hybridized carbons (Fsp3) is 0.806. The number of hydrogen-bond donors (Lipinski definition) is 5. The largest absolute Gasteiger partial charge is 0.488 e. The lowest BCUT2D eigenvalue weighted by Crippen LogP contribution is -2.11. The van der Waals surface area contributed by atoms with Gasteiger partial charge < -0.3 is 35.7 Å². The number of unbranched alkanes of at least 4 members (excludes halogenated alkanes) is 16. The molecule has 0 saturated heterocycles. The number of allylic oxidation sites excluding steroid dienone is 1. The summed E-state index contributed by atoms with van der Waals surface area (Å²) in [5.74, 6) is 0.347. The highest BCUT2D eigenvalue weighted by Crippen LogP contribution is 2.69. The predicted molar refractivity (Wildman–Crippen MR) is 217 cm³/mol. The summed E-state index contributed by atoms with van der Waals surface area (Å²) < 4.78 is 61.4. The van der Waals surface area contributed by atoms with Crippen LogP contribution in [0.3, 0.4) is 0 Å². The quantitative estimate of drug-likeness (QED) is 0.0262. The van der Waals surface area contributed by atoms with Crippen LogP contribution in [0.4, 0.5) is 11.8 Å². The molecule has 0 radical (unpaired) electrons. The van der Waals surface area contributed by atoms with Gasteiger partial charge in [0.05, 0.1) is 31.7 Å². The van der Waals surface area contributed by atoms with Crippen molar-refractivity contribution in [1.82, 2.24) is 19.5 Å². The molecule has 7 N–H and O–H groups in total. The molecule has 0 aliphatic heterocycles. The average Bonchev–Trinajstić information content (AvgIpc) is 3.63. The van der Waals surface area contributed by atoms with Crippen LogP contribution >= 0.6 is 23.2 Å². The van der Waals surface area contributed by atoms with Crippen LogP contribution in [0.2, 0.25) is 0 Å². The number of nitrogens with one attached hydrogen (secondary N) is 1. The second-order valence-electron chi connectivity index (χ2n) is 15.0. The minimum Gasteiger partial charge on any atom is -0.368 e.